The van der Waals surface area contributed by atoms with E-state index in [-0.39, 0.29) is 24.0 Å². The molecule has 1 N–H and O–H groups in total. The third kappa shape index (κ3) is 3.71. The number of morpholine rings is 1. The summed E-state index contributed by atoms with van der Waals surface area (Å²) in [7, 11) is 1.68. The summed E-state index contributed by atoms with van der Waals surface area (Å²) >= 11 is 0. The highest BCUT2D eigenvalue weighted by atomic mass is 16.5. The maximum atomic E-state index is 12.7. The van der Waals surface area contributed by atoms with Crippen molar-refractivity contribution in [2.24, 2.45) is 5.92 Å². The molecule has 3 heterocycles. The molecule has 2 aliphatic heterocycles. The predicted molar refractivity (Wildman–Crippen MR) is 97.9 cm³/mol. The molecule has 6 heteroatoms. The maximum absolute atomic E-state index is 12.7. The van der Waals surface area contributed by atoms with Crippen LogP contribution in [0.4, 0.5) is 5.69 Å². The van der Waals surface area contributed by atoms with Gasteiger partial charge < -0.3 is 14.8 Å². The second kappa shape index (κ2) is 7.43. The number of carbonyl (C=O) groups excluding carboxylic acids is 1. The van der Waals surface area contributed by atoms with E-state index in [0.717, 1.165) is 37.5 Å². The molecule has 2 aliphatic rings. The van der Waals surface area contributed by atoms with Crippen molar-refractivity contribution in [3.8, 4) is 5.75 Å². The molecule has 2 bridgehead atoms. The van der Waals surface area contributed by atoms with Crippen molar-refractivity contribution in [2.45, 2.75) is 25.2 Å². The molecule has 2 saturated heterocycles. The van der Waals surface area contributed by atoms with Gasteiger partial charge >= 0.3 is 0 Å². The van der Waals surface area contributed by atoms with E-state index in [1.807, 2.05) is 24.3 Å². The van der Waals surface area contributed by atoms with Gasteiger partial charge in [0.25, 0.3) is 0 Å². The minimum Gasteiger partial charge on any atom is -0.497 e. The van der Waals surface area contributed by atoms with Crippen LogP contribution in [-0.4, -0.2) is 48.2 Å². The van der Waals surface area contributed by atoms with Crippen molar-refractivity contribution in [2.75, 3.05) is 25.5 Å². The molecule has 1 amide bonds. The predicted octanol–water partition coefficient (Wildman–Crippen LogP) is 2.32. The second-order valence-electron chi connectivity index (χ2n) is 6.92. The molecule has 1 aromatic carbocycles. The Hall–Kier alpha value is -2.44. The van der Waals surface area contributed by atoms with Crippen LogP contribution in [0.5, 0.6) is 5.75 Å². The fourth-order valence-electron chi connectivity index (χ4n) is 3.84. The number of methoxy groups -OCH3 is 1. The molecule has 6 nitrogen and oxygen atoms in total. The van der Waals surface area contributed by atoms with Gasteiger partial charge in [0.1, 0.15) is 5.75 Å². The quantitative estimate of drug-likeness (QED) is 0.894. The molecule has 4 rings (SSSR count). The van der Waals surface area contributed by atoms with Crippen LogP contribution < -0.4 is 10.1 Å². The first-order chi connectivity index (χ1) is 12.7. The largest absolute Gasteiger partial charge is 0.497 e. The van der Waals surface area contributed by atoms with Gasteiger partial charge in [-0.2, -0.15) is 0 Å². The summed E-state index contributed by atoms with van der Waals surface area (Å²) in [5, 5.41) is 2.96. The van der Waals surface area contributed by atoms with Crippen LogP contribution in [0.3, 0.4) is 0 Å². The van der Waals surface area contributed by atoms with Crippen LogP contribution in [0.2, 0.25) is 0 Å². The Balaban J connectivity index is 1.39. The number of nitrogens with one attached hydrogen (secondary N) is 1. The molecule has 0 radical (unpaired) electrons. The Labute approximate surface area is 153 Å². The number of fused-ring (bicyclic) bond motifs is 2. The van der Waals surface area contributed by atoms with Crippen molar-refractivity contribution in [3.63, 3.8) is 0 Å². The van der Waals surface area contributed by atoms with E-state index < -0.39 is 0 Å². The molecule has 2 aromatic rings. The van der Waals surface area contributed by atoms with Crippen LogP contribution in [0.15, 0.2) is 48.8 Å². The molecular weight excluding hydrogens is 330 g/mol. The van der Waals surface area contributed by atoms with Crippen molar-refractivity contribution in [1.29, 1.82) is 0 Å². The topological polar surface area (TPSA) is 63.7 Å². The van der Waals surface area contributed by atoms with E-state index in [2.05, 4.69) is 27.3 Å². The number of nitrogens with zero attached hydrogens (tertiary/aromatic N) is 2. The second-order valence-corrected chi connectivity index (χ2v) is 6.92. The Morgan fingerprint density at radius 1 is 1.35 bits per heavy atom. The molecule has 3 atom stereocenters. The number of hydrogen-bond acceptors (Lipinski definition) is 5. The molecule has 0 unspecified atom stereocenters. The molecule has 136 valence electrons. The molecule has 0 saturated carbocycles. The van der Waals surface area contributed by atoms with Crippen molar-refractivity contribution in [1.82, 2.24) is 9.88 Å². The lowest BCUT2D eigenvalue weighted by Gasteiger charge is -2.32. The average Bonchev–Trinajstić information content (AvgIpc) is 2.97. The number of benzene rings is 1. The summed E-state index contributed by atoms with van der Waals surface area (Å²) < 4.78 is 11.3. The van der Waals surface area contributed by atoms with Gasteiger partial charge in [0.05, 0.1) is 37.1 Å². The summed E-state index contributed by atoms with van der Waals surface area (Å²) in [6.07, 6.45) is 4.18. The standard InChI is InChI=1S/C20H23N3O3/c1-25-16-6-2-4-14(8-16)11-23-12-17-9-18(19(13-23)26-17)20(24)22-15-5-3-7-21-10-15/h2-8,10,17-19H,9,11-13H2,1H3,(H,22,24)/t17-,18-,19-/m1/s1. The number of carbonyl (C=O) groups is 1. The van der Waals surface area contributed by atoms with Gasteiger partial charge in [-0.1, -0.05) is 12.1 Å². The number of ether oxygens (including phenoxy) is 2. The van der Waals surface area contributed by atoms with Crippen molar-refractivity contribution in [3.05, 3.63) is 54.4 Å². The van der Waals surface area contributed by atoms with E-state index in [4.69, 9.17) is 9.47 Å². The first-order valence-corrected chi connectivity index (χ1v) is 8.93. The monoisotopic (exact) mass is 353 g/mol. The van der Waals surface area contributed by atoms with Crippen molar-refractivity contribution < 1.29 is 14.3 Å². The minimum absolute atomic E-state index is 0.0220. The van der Waals surface area contributed by atoms with Crippen LogP contribution >= 0.6 is 0 Å². The fourth-order valence-corrected chi connectivity index (χ4v) is 3.84. The number of aromatic nitrogens is 1. The Morgan fingerprint density at radius 3 is 3.08 bits per heavy atom. The molecular formula is C20H23N3O3. The highest BCUT2D eigenvalue weighted by Gasteiger charge is 2.44. The SMILES string of the molecule is COc1cccc(CN2C[C@H]3C[C@@H](C(=O)Nc4cccnc4)[C@@H](C2)O3)c1. The maximum Gasteiger partial charge on any atom is 0.230 e. The molecule has 2 fully saturated rings. The summed E-state index contributed by atoms with van der Waals surface area (Å²) in [4.78, 5) is 19.1. The summed E-state index contributed by atoms with van der Waals surface area (Å²) in [5.74, 6) is 0.775. The van der Waals surface area contributed by atoms with E-state index in [9.17, 15) is 4.79 Å². The van der Waals surface area contributed by atoms with Crippen LogP contribution in [0.1, 0.15) is 12.0 Å². The number of pyridine rings is 1. The average molecular weight is 353 g/mol. The Kier molecular flexibility index (Phi) is 4.86. The van der Waals surface area contributed by atoms with Gasteiger partial charge in [-0.05, 0) is 36.2 Å². The lowest BCUT2D eigenvalue weighted by atomic mass is 9.99. The summed E-state index contributed by atoms with van der Waals surface area (Å²) in [6, 6.07) is 11.8. The highest BCUT2D eigenvalue weighted by molar-refractivity contribution is 5.93. The number of rotatable bonds is 5. The zero-order valence-electron chi connectivity index (χ0n) is 14.8. The molecule has 0 spiro atoms. The Bertz CT molecular complexity index is 768. The molecule has 1 aromatic heterocycles. The first kappa shape index (κ1) is 17.0. The smallest absolute Gasteiger partial charge is 0.230 e. The number of likely N-dealkylation sites (tertiary alicyclic amines) is 1. The van der Waals surface area contributed by atoms with E-state index in [0.29, 0.717) is 0 Å². The summed E-state index contributed by atoms with van der Waals surface area (Å²) in [6.45, 7) is 2.45. The Morgan fingerprint density at radius 2 is 2.27 bits per heavy atom. The van der Waals surface area contributed by atoms with Gasteiger partial charge in [-0.25, -0.2) is 0 Å². The lowest BCUT2D eigenvalue weighted by molar-refractivity contribution is -0.123. The van der Waals surface area contributed by atoms with E-state index in [1.165, 1.54) is 5.56 Å². The fraction of sp³-hybridized carbons (Fsp3) is 0.400. The summed E-state index contributed by atoms with van der Waals surface area (Å²) in [5.41, 5.74) is 1.94. The minimum atomic E-state index is -0.115. The van der Waals surface area contributed by atoms with Crippen LogP contribution in [0.25, 0.3) is 0 Å². The van der Waals surface area contributed by atoms with Gasteiger partial charge in [0.15, 0.2) is 0 Å². The van der Waals surface area contributed by atoms with Crippen LogP contribution in [-0.2, 0) is 16.1 Å². The van der Waals surface area contributed by atoms with E-state index >= 15 is 0 Å². The van der Waals surface area contributed by atoms with Crippen LogP contribution in [0, 0.1) is 5.92 Å². The molecule has 0 aliphatic carbocycles. The third-order valence-electron chi connectivity index (χ3n) is 5.04. The first-order valence-electron chi connectivity index (χ1n) is 8.93. The van der Waals surface area contributed by atoms with Gasteiger partial charge in [0.2, 0.25) is 5.91 Å². The van der Waals surface area contributed by atoms with Crippen molar-refractivity contribution >= 4 is 11.6 Å². The number of hydrogen-bond donors (Lipinski definition) is 1. The normalized spacial score (nSPS) is 25.0. The third-order valence-corrected chi connectivity index (χ3v) is 5.04. The van der Waals surface area contributed by atoms with Gasteiger partial charge in [-0.15, -0.1) is 0 Å². The molecule has 26 heavy (non-hydrogen) atoms. The van der Waals surface area contributed by atoms with Gasteiger partial charge in [0, 0.05) is 25.8 Å². The zero-order chi connectivity index (χ0) is 17.9. The van der Waals surface area contributed by atoms with Gasteiger partial charge in [-0.3, -0.25) is 14.7 Å². The lowest BCUT2D eigenvalue weighted by Crippen LogP contribution is -2.44. The zero-order valence-corrected chi connectivity index (χ0v) is 14.8. The number of amides is 1. The highest BCUT2D eigenvalue weighted by Crippen LogP contribution is 2.33. The number of anilines is 1. The van der Waals surface area contributed by atoms with E-state index in [1.54, 1.807) is 19.5 Å².